The number of aliphatic hydroxyl groups excluding tert-OH is 1. The zero-order valence-electron chi connectivity index (χ0n) is 15.5. The smallest absolute Gasteiger partial charge is 0.226 e. The number of amides is 1. The molecule has 1 spiro atoms. The van der Waals surface area contributed by atoms with E-state index in [4.69, 9.17) is 0 Å². The summed E-state index contributed by atoms with van der Waals surface area (Å²) in [7, 11) is 0. The first-order chi connectivity index (χ1) is 12.1. The van der Waals surface area contributed by atoms with Crippen molar-refractivity contribution in [2.75, 3.05) is 32.8 Å². The van der Waals surface area contributed by atoms with E-state index in [0.717, 1.165) is 56.7 Å². The van der Waals surface area contributed by atoms with E-state index in [1.807, 2.05) is 0 Å². The van der Waals surface area contributed by atoms with Crippen LogP contribution in [0.1, 0.15) is 57.8 Å². The van der Waals surface area contributed by atoms with Crippen molar-refractivity contribution in [3.63, 3.8) is 0 Å². The molecular weight excluding hydrogens is 312 g/mol. The molecule has 1 saturated heterocycles. The molecule has 1 unspecified atom stereocenters. The molecular formula is C21H34N2O2. The summed E-state index contributed by atoms with van der Waals surface area (Å²) < 4.78 is 0. The molecule has 4 heteroatoms. The maximum absolute atomic E-state index is 13.3. The second-order valence-corrected chi connectivity index (χ2v) is 10.3. The fourth-order valence-electron chi connectivity index (χ4n) is 7.67. The van der Waals surface area contributed by atoms with Gasteiger partial charge in [0.15, 0.2) is 0 Å². The number of hydrogen-bond acceptors (Lipinski definition) is 3. The predicted molar refractivity (Wildman–Crippen MR) is 96.9 cm³/mol. The van der Waals surface area contributed by atoms with E-state index < -0.39 is 0 Å². The molecule has 4 nitrogen and oxygen atoms in total. The summed E-state index contributed by atoms with van der Waals surface area (Å²) in [6.45, 7) is 3.73. The molecule has 6 fully saturated rings. The Morgan fingerprint density at radius 1 is 1.00 bits per heavy atom. The van der Waals surface area contributed by atoms with E-state index in [9.17, 15) is 9.90 Å². The minimum Gasteiger partial charge on any atom is -0.395 e. The summed E-state index contributed by atoms with van der Waals surface area (Å²) in [6.07, 6.45) is 11.8. The zero-order chi connectivity index (χ0) is 17.1. The third kappa shape index (κ3) is 2.84. The van der Waals surface area contributed by atoms with Gasteiger partial charge in [-0.25, -0.2) is 0 Å². The van der Waals surface area contributed by atoms with E-state index in [2.05, 4.69) is 10.2 Å². The Morgan fingerprint density at radius 2 is 1.60 bits per heavy atom. The lowest BCUT2D eigenvalue weighted by molar-refractivity contribution is -0.140. The lowest BCUT2D eigenvalue weighted by atomic mass is 9.49. The molecule has 1 aliphatic heterocycles. The highest BCUT2D eigenvalue weighted by Gasteiger charge is 2.59. The van der Waals surface area contributed by atoms with Gasteiger partial charge in [-0.15, -0.1) is 0 Å². The molecule has 5 aliphatic carbocycles. The molecule has 4 bridgehead atoms. The van der Waals surface area contributed by atoms with Crippen LogP contribution in [0.3, 0.4) is 0 Å². The average molecular weight is 347 g/mol. The zero-order valence-corrected chi connectivity index (χ0v) is 15.5. The van der Waals surface area contributed by atoms with Crippen LogP contribution in [0.4, 0.5) is 0 Å². The number of carbonyl (C=O) groups is 1. The van der Waals surface area contributed by atoms with Gasteiger partial charge in [-0.3, -0.25) is 4.79 Å². The van der Waals surface area contributed by atoms with Gasteiger partial charge < -0.3 is 15.3 Å². The highest BCUT2D eigenvalue weighted by atomic mass is 16.3. The van der Waals surface area contributed by atoms with Crippen LogP contribution in [-0.2, 0) is 4.79 Å². The summed E-state index contributed by atoms with van der Waals surface area (Å²) in [5, 5.41) is 13.0. The molecule has 1 atom stereocenters. The number of nitrogens with zero attached hydrogens (tertiary/aromatic N) is 1. The van der Waals surface area contributed by atoms with Crippen molar-refractivity contribution >= 4 is 5.91 Å². The Hall–Kier alpha value is -0.610. The maximum atomic E-state index is 13.3. The molecule has 0 aromatic carbocycles. The van der Waals surface area contributed by atoms with Crippen molar-refractivity contribution in [3.05, 3.63) is 0 Å². The highest BCUT2D eigenvalue weighted by molar-refractivity contribution is 5.83. The molecule has 140 valence electrons. The fraction of sp³-hybridized carbons (Fsp3) is 0.952. The van der Waals surface area contributed by atoms with Crippen LogP contribution < -0.4 is 5.32 Å². The van der Waals surface area contributed by atoms with Crippen molar-refractivity contribution < 1.29 is 9.90 Å². The van der Waals surface area contributed by atoms with Crippen LogP contribution >= 0.6 is 0 Å². The first-order valence-corrected chi connectivity index (χ1v) is 10.7. The van der Waals surface area contributed by atoms with E-state index in [1.54, 1.807) is 0 Å². The number of rotatable bonds is 5. The van der Waals surface area contributed by atoms with Gasteiger partial charge in [-0.1, -0.05) is 0 Å². The van der Waals surface area contributed by atoms with Gasteiger partial charge >= 0.3 is 0 Å². The fourth-order valence-corrected chi connectivity index (χ4v) is 7.67. The summed E-state index contributed by atoms with van der Waals surface area (Å²) >= 11 is 0. The van der Waals surface area contributed by atoms with Crippen molar-refractivity contribution in [2.24, 2.45) is 34.5 Å². The lowest BCUT2D eigenvalue weighted by Gasteiger charge is -2.58. The van der Waals surface area contributed by atoms with E-state index in [-0.39, 0.29) is 12.5 Å². The van der Waals surface area contributed by atoms with Crippen LogP contribution in [0.2, 0.25) is 0 Å². The van der Waals surface area contributed by atoms with Gasteiger partial charge in [0.05, 0.1) is 6.61 Å². The minimum absolute atomic E-state index is 0.110. The molecule has 2 N–H and O–H groups in total. The van der Waals surface area contributed by atoms with Crippen molar-refractivity contribution in [1.29, 1.82) is 0 Å². The normalized spacial score (nSPS) is 43.4. The number of piperidine rings is 1. The molecule has 25 heavy (non-hydrogen) atoms. The van der Waals surface area contributed by atoms with Crippen molar-refractivity contribution in [1.82, 2.24) is 10.2 Å². The average Bonchev–Trinajstić information content (AvgIpc) is 3.26. The number of hydrogen-bond donors (Lipinski definition) is 2. The summed E-state index contributed by atoms with van der Waals surface area (Å²) in [4.78, 5) is 15.4. The molecule has 0 aromatic rings. The Bertz CT molecular complexity index is 505. The van der Waals surface area contributed by atoms with Gasteiger partial charge in [0.2, 0.25) is 5.91 Å². The Kier molecular flexibility index (Phi) is 3.94. The van der Waals surface area contributed by atoms with Crippen LogP contribution in [-0.4, -0.2) is 48.7 Å². The van der Waals surface area contributed by atoms with Gasteiger partial charge in [0.1, 0.15) is 0 Å². The molecule has 0 radical (unpaired) electrons. The molecule has 1 heterocycles. The second kappa shape index (κ2) is 5.95. The standard InChI is InChI=1S/C21H34N2O2/c24-6-5-23(19(25)18-13-21(18)1-3-22-4-2-21)14-20-10-15-7-16(11-20)9-17(8-15)12-20/h15-18,22,24H,1-14H2. The molecule has 6 aliphatic rings. The lowest BCUT2D eigenvalue weighted by Crippen LogP contribution is -2.53. The van der Waals surface area contributed by atoms with E-state index in [1.165, 1.54) is 38.5 Å². The minimum atomic E-state index is 0.110. The van der Waals surface area contributed by atoms with Gasteiger partial charge in [0, 0.05) is 19.0 Å². The van der Waals surface area contributed by atoms with Crippen LogP contribution in [0, 0.1) is 34.5 Å². The van der Waals surface area contributed by atoms with Crippen molar-refractivity contribution in [3.8, 4) is 0 Å². The maximum Gasteiger partial charge on any atom is 0.226 e. The molecule has 6 rings (SSSR count). The van der Waals surface area contributed by atoms with Gasteiger partial charge in [0.25, 0.3) is 0 Å². The number of aliphatic hydroxyl groups is 1. The molecule has 1 amide bonds. The van der Waals surface area contributed by atoms with Gasteiger partial charge in [-0.05, 0) is 99.5 Å². The van der Waals surface area contributed by atoms with Gasteiger partial charge in [-0.2, -0.15) is 0 Å². The van der Waals surface area contributed by atoms with E-state index >= 15 is 0 Å². The number of nitrogens with one attached hydrogen (secondary N) is 1. The molecule has 5 saturated carbocycles. The second-order valence-electron chi connectivity index (χ2n) is 10.3. The monoisotopic (exact) mass is 346 g/mol. The quantitative estimate of drug-likeness (QED) is 0.804. The SMILES string of the molecule is O=C(C1CC12CCNCC2)N(CCO)CC12CC3CC(CC(C3)C1)C2. The summed E-state index contributed by atoms with van der Waals surface area (Å²) in [6, 6.07) is 0. The topological polar surface area (TPSA) is 52.6 Å². The first-order valence-electron chi connectivity index (χ1n) is 10.7. The third-order valence-corrected chi connectivity index (χ3v) is 8.46. The first kappa shape index (κ1) is 16.6. The summed E-state index contributed by atoms with van der Waals surface area (Å²) in [5.74, 6) is 3.39. The Labute approximate surface area is 151 Å². The Morgan fingerprint density at radius 3 is 2.16 bits per heavy atom. The van der Waals surface area contributed by atoms with Crippen LogP contribution in [0.5, 0.6) is 0 Å². The predicted octanol–water partition coefficient (Wildman–Crippen LogP) is 2.41. The van der Waals surface area contributed by atoms with E-state index in [0.29, 0.717) is 23.3 Å². The number of carbonyl (C=O) groups excluding carboxylic acids is 1. The molecule has 0 aromatic heterocycles. The van der Waals surface area contributed by atoms with Crippen LogP contribution in [0.15, 0.2) is 0 Å². The van der Waals surface area contributed by atoms with Crippen molar-refractivity contribution in [2.45, 2.75) is 57.8 Å². The largest absolute Gasteiger partial charge is 0.395 e. The third-order valence-electron chi connectivity index (χ3n) is 8.46. The Balaban J connectivity index is 1.29. The van der Waals surface area contributed by atoms with Crippen LogP contribution in [0.25, 0.3) is 0 Å². The highest BCUT2D eigenvalue weighted by Crippen LogP contribution is 2.62. The summed E-state index contributed by atoms with van der Waals surface area (Å²) in [5.41, 5.74) is 0.688.